The Morgan fingerprint density at radius 3 is 1.39 bits per heavy atom. The second-order valence-electron chi connectivity index (χ2n) is 7.05. The molecule has 0 aliphatic heterocycles. The summed E-state index contributed by atoms with van der Waals surface area (Å²) in [5, 5.41) is 10.8. The molecule has 4 N–H and O–H groups in total. The number of pyridine rings is 2. The van der Waals surface area contributed by atoms with E-state index in [1.807, 2.05) is 73.2 Å². The van der Waals surface area contributed by atoms with Crippen LogP contribution in [0.3, 0.4) is 0 Å². The quantitative estimate of drug-likeness (QED) is 0.207. The average molecular weight is 519 g/mol. The summed E-state index contributed by atoms with van der Waals surface area (Å²) < 4.78 is 0. The van der Waals surface area contributed by atoms with Gasteiger partial charge in [0.1, 0.15) is 11.6 Å². The van der Waals surface area contributed by atoms with E-state index in [9.17, 15) is 9.59 Å². The third-order valence-electron chi connectivity index (χ3n) is 4.47. The van der Waals surface area contributed by atoms with Gasteiger partial charge in [0, 0.05) is 33.6 Å². The van der Waals surface area contributed by atoms with Crippen LogP contribution in [-0.2, 0) is 0 Å². The van der Waals surface area contributed by atoms with Crippen LogP contribution >= 0.6 is 23.5 Å². The minimum Gasteiger partial charge on any atom is -0.308 e. The van der Waals surface area contributed by atoms with Crippen molar-refractivity contribution in [1.29, 1.82) is 0 Å². The molecule has 184 valence electrons. The molecule has 36 heavy (non-hydrogen) atoms. The minimum absolute atomic E-state index is 0.299. The lowest BCUT2D eigenvalue weighted by Gasteiger charge is -2.07. The van der Waals surface area contributed by atoms with Crippen LogP contribution < -0.4 is 21.3 Å². The van der Waals surface area contributed by atoms with Crippen LogP contribution in [0.5, 0.6) is 0 Å². The van der Waals surface area contributed by atoms with Crippen molar-refractivity contribution in [3.8, 4) is 0 Å². The van der Waals surface area contributed by atoms with E-state index < -0.39 is 0 Å². The molecular formula is C26H26N6O2S2. The van der Waals surface area contributed by atoms with Gasteiger partial charge in [-0.05, 0) is 73.2 Å². The third kappa shape index (κ3) is 9.32. The van der Waals surface area contributed by atoms with Gasteiger partial charge in [0.25, 0.3) is 0 Å². The zero-order chi connectivity index (χ0) is 25.6. The number of carbonyl (C=O) groups excluding carboxylic acids is 2. The van der Waals surface area contributed by atoms with Crippen molar-refractivity contribution in [3.05, 3.63) is 97.3 Å². The molecule has 2 aromatic carbocycles. The predicted octanol–water partition coefficient (Wildman–Crippen LogP) is 6.90. The lowest BCUT2D eigenvalue weighted by molar-refractivity contribution is 0.261. The van der Waals surface area contributed by atoms with Crippen LogP contribution in [0.25, 0.3) is 0 Å². The molecule has 2 heterocycles. The van der Waals surface area contributed by atoms with Crippen molar-refractivity contribution in [1.82, 2.24) is 9.97 Å². The van der Waals surface area contributed by atoms with E-state index in [4.69, 9.17) is 0 Å². The molecule has 0 saturated carbocycles. The summed E-state index contributed by atoms with van der Waals surface area (Å²) in [4.78, 5) is 33.7. The number of nitrogens with zero attached hydrogens (tertiary/aromatic N) is 2. The largest absolute Gasteiger partial charge is 0.324 e. The number of benzene rings is 2. The lowest BCUT2D eigenvalue weighted by Crippen LogP contribution is -2.19. The van der Waals surface area contributed by atoms with Gasteiger partial charge in [-0.2, -0.15) is 0 Å². The lowest BCUT2D eigenvalue weighted by atomic mass is 10.3. The van der Waals surface area contributed by atoms with Crippen LogP contribution in [0.2, 0.25) is 0 Å². The molecule has 4 amide bonds. The zero-order valence-electron chi connectivity index (χ0n) is 19.8. The Morgan fingerprint density at radius 1 is 0.583 bits per heavy atom. The Balaban J connectivity index is 0.000000201. The first-order chi connectivity index (χ1) is 17.6. The molecule has 4 rings (SSSR count). The maximum absolute atomic E-state index is 11.7. The molecule has 4 aromatic rings. The zero-order valence-corrected chi connectivity index (χ0v) is 21.4. The van der Waals surface area contributed by atoms with Gasteiger partial charge < -0.3 is 10.6 Å². The minimum atomic E-state index is -0.299. The molecule has 0 fully saturated rings. The number of carbonyl (C=O) groups is 2. The van der Waals surface area contributed by atoms with Crippen LogP contribution in [0.4, 0.5) is 32.6 Å². The smallest absolute Gasteiger partial charge is 0.308 e. The van der Waals surface area contributed by atoms with E-state index in [1.165, 1.54) is 0 Å². The van der Waals surface area contributed by atoms with Gasteiger partial charge in [0.05, 0.1) is 0 Å². The molecule has 0 atom stereocenters. The highest BCUT2D eigenvalue weighted by atomic mass is 32.2. The third-order valence-corrected chi connectivity index (χ3v) is 5.92. The van der Waals surface area contributed by atoms with Crippen molar-refractivity contribution in [2.24, 2.45) is 0 Å². The summed E-state index contributed by atoms with van der Waals surface area (Å²) in [7, 11) is 0. The molecule has 0 saturated heterocycles. The van der Waals surface area contributed by atoms with Crippen molar-refractivity contribution in [3.63, 3.8) is 0 Å². The highest BCUT2D eigenvalue weighted by Crippen LogP contribution is 2.20. The summed E-state index contributed by atoms with van der Waals surface area (Å²) in [5.41, 5.74) is 1.52. The summed E-state index contributed by atoms with van der Waals surface area (Å²) in [5.74, 6) is 1.05. The van der Waals surface area contributed by atoms with Gasteiger partial charge >= 0.3 is 12.1 Å². The first-order valence-electron chi connectivity index (χ1n) is 10.8. The number of rotatable bonds is 6. The van der Waals surface area contributed by atoms with Gasteiger partial charge in [-0.3, -0.25) is 10.6 Å². The fourth-order valence-corrected chi connectivity index (χ4v) is 3.75. The van der Waals surface area contributed by atoms with Gasteiger partial charge in [0.2, 0.25) is 0 Å². The predicted molar refractivity (Wildman–Crippen MR) is 150 cm³/mol. The van der Waals surface area contributed by atoms with Crippen LogP contribution in [0.15, 0.2) is 107 Å². The van der Waals surface area contributed by atoms with E-state index in [-0.39, 0.29) is 12.1 Å². The maximum Gasteiger partial charge on any atom is 0.324 e. The fraction of sp³-hybridized carbons (Fsp3) is 0.0769. The number of urea groups is 2. The van der Waals surface area contributed by atoms with Crippen LogP contribution in [0.1, 0.15) is 0 Å². The van der Waals surface area contributed by atoms with Crippen molar-refractivity contribution < 1.29 is 9.59 Å². The summed E-state index contributed by atoms with van der Waals surface area (Å²) in [6.07, 6.45) is 7.24. The fourth-order valence-electron chi connectivity index (χ4n) is 2.83. The molecule has 0 radical (unpaired) electrons. The molecule has 0 spiro atoms. The maximum atomic E-state index is 11.7. The van der Waals surface area contributed by atoms with Gasteiger partial charge in [-0.1, -0.05) is 24.3 Å². The number of amides is 4. The average Bonchev–Trinajstić information content (AvgIpc) is 2.90. The number of nitrogens with one attached hydrogen (secondary N) is 4. The van der Waals surface area contributed by atoms with Crippen molar-refractivity contribution in [2.45, 2.75) is 9.79 Å². The van der Waals surface area contributed by atoms with Gasteiger partial charge in [-0.25, -0.2) is 19.6 Å². The van der Waals surface area contributed by atoms with E-state index >= 15 is 0 Å². The molecule has 10 heteroatoms. The molecule has 0 aliphatic carbocycles. The molecule has 0 unspecified atom stereocenters. The Labute approximate surface area is 218 Å². The molecule has 0 aliphatic rings. The SMILES string of the molecule is CSc1cccc(NC(=O)Nc2ccccn2)c1.CSc1cccc(NC(=O)Nc2ccccn2)c1. The molecular weight excluding hydrogens is 492 g/mol. The topological polar surface area (TPSA) is 108 Å². The van der Waals surface area contributed by atoms with E-state index in [0.29, 0.717) is 11.6 Å². The monoisotopic (exact) mass is 518 g/mol. The van der Waals surface area contributed by atoms with Crippen molar-refractivity contribution in [2.75, 3.05) is 33.8 Å². The van der Waals surface area contributed by atoms with Crippen LogP contribution in [0, 0.1) is 0 Å². The summed E-state index contributed by atoms with van der Waals surface area (Å²) in [6.45, 7) is 0. The first kappa shape index (κ1) is 26.6. The summed E-state index contributed by atoms with van der Waals surface area (Å²) >= 11 is 3.26. The number of hydrogen-bond acceptors (Lipinski definition) is 6. The number of anilines is 4. The standard InChI is InChI=1S/2C13H13N3OS/c2*1-18-11-6-4-5-10(9-11)15-13(17)16-12-7-2-3-8-14-12/h2*2-9H,1H3,(H2,14,15,16,17). The second kappa shape index (κ2) is 14.4. The number of thioether (sulfide) groups is 2. The highest BCUT2D eigenvalue weighted by Gasteiger charge is 2.04. The Kier molecular flexibility index (Phi) is 10.6. The van der Waals surface area contributed by atoms with Crippen LogP contribution in [-0.4, -0.2) is 34.5 Å². The molecule has 8 nitrogen and oxygen atoms in total. The van der Waals surface area contributed by atoms with Gasteiger partial charge in [-0.15, -0.1) is 23.5 Å². The van der Waals surface area contributed by atoms with Crippen molar-refractivity contribution >= 4 is 58.6 Å². The summed E-state index contributed by atoms with van der Waals surface area (Å²) in [6, 6.07) is 25.4. The van der Waals surface area contributed by atoms with E-state index in [1.54, 1.807) is 60.2 Å². The van der Waals surface area contributed by atoms with E-state index in [2.05, 4.69) is 31.2 Å². The number of hydrogen-bond donors (Lipinski definition) is 4. The van der Waals surface area contributed by atoms with E-state index in [0.717, 1.165) is 21.2 Å². The normalized spacial score (nSPS) is 9.83. The van der Waals surface area contributed by atoms with Gasteiger partial charge in [0.15, 0.2) is 0 Å². The number of aromatic nitrogens is 2. The first-order valence-corrected chi connectivity index (χ1v) is 13.3. The highest BCUT2D eigenvalue weighted by molar-refractivity contribution is 7.98. The Hall–Kier alpha value is -4.02. The Bertz CT molecular complexity index is 1160. The molecule has 2 aromatic heterocycles. The second-order valence-corrected chi connectivity index (χ2v) is 8.81. The Morgan fingerprint density at radius 2 is 1.03 bits per heavy atom. The molecule has 0 bridgehead atoms.